The Morgan fingerprint density at radius 3 is 1.58 bits per heavy atom. The van der Waals surface area contributed by atoms with Crippen LogP contribution in [0.3, 0.4) is 0 Å². The van der Waals surface area contributed by atoms with E-state index in [0.29, 0.717) is 36.5 Å². The number of nitrogens with one attached hydrogen (secondary N) is 6. The van der Waals surface area contributed by atoms with Crippen molar-refractivity contribution < 1.29 is 28.8 Å². The SMILES string of the molecule is CN(C)CCCNC(=O)CCNC(=O)c1cc(NC(=O)c2cc(NC(=O)c3nc(NC(=O)CCNC(=O)CCCC[PH](c4ccccc4)(c4ccccc4)c4ccccc4)cn3C)cn2C)cn1C. The number of aromatic nitrogens is 4. The average Bonchev–Trinajstić information content (AvgIpc) is 4.02. The van der Waals surface area contributed by atoms with Gasteiger partial charge in [0.15, 0.2) is 0 Å². The van der Waals surface area contributed by atoms with Crippen molar-refractivity contribution in [1.82, 2.24) is 39.5 Å². The van der Waals surface area contributed by atoms with E-state index in [1.54, 1.807) is 42.7 Å². The van der Waals surface area contributed by atoms with E-state index < -0.39 is 25.0 Å². The molecule has 6 rings (SSSR count). The number of amides is 6. The number of nitrogens with zero attached hydrogens (tertiary/aromatic N) is 5. The predicted octanol–water partition coefficient (Wildman–Crippen LogP) is 4.13. The van der Waals surface area contributed by atoms with E-state index in [9.17, 15) is 28.8 Å². The van der Waals surface area contributed by atoms with Gasteiger partial charge in [-0.25, -0.2) is 0 Å². The Bertz CT molecular complexity index is 2600. The van der Waals surface area contributed by atoms with E-state index in [1.165, 1.54) is 38.8 Å². The quantitative estimate of drug-likeness (QED) is 0.0384. The standard InChI is InChI=1S/C51H64N11O6P/c1-59(2)30-17-27-52-46(64)25-29-54-49(66)42-32-37(34-60(42)3)55-50(67)43-33-38(35-61(43)4)56-51(68)48-58-44(36-62(48)5)57-47(65)26-28-53-45(63)24-15-16-31-69(39-18-9-6-10-19-39,40-20-11-7-12-21-40)41-22-13-8-14-23-41/h6-14,18-23,32-36,69H,15-17,24-31H2,1-5H3,(H,52,64)(H,53,63)(H,54,66)(H,55,67)(H,56,68)(H,57,65). The molecule has 0 bridgehead atoms. The van der Waals surface area contributed by atoms with Gasteiger partial charge in [-0.3, -0.25) is 19.2 Å². The van der Waals surface area contributed by atoms with E-state index in [1.807, 2.05) is 37.2 Å². The summed E-state index contributed by atoms with van der Waals surface area (Å²) in [6.07, 6.45) is 8.51. The van der Waals surface area contributed by atoms with Gasteiger partial charge in [0, 0.05) is 53.0 Å². The smallest absolute Gasteiger partial charge is 0.344 e. The fourth-order valence-corrected chi connectivity index (χ4v) is 13.2. The van der Waals surface area contributed by atoms with Crippen LogP contribution in [-0.2, 0) is 35.5 Å². The maximum atomic E-state index is 13.3. The molecule has 0 aliphatic rings. The van der Waals surface area contributed by atoms with Crippen LogP contribution in [0.4, 0.5) is 17.2 Å². The third kappa shape index (κ3) is 14.1. The molecule has 18 heteroatoms. The minimum atomic E-state index is -2.38. The number of unbranched alkanes of at least 4 members (excludes halogenated alkanes) is 1. The third-order valence-electron chi connectivity index (χ3n) is 11.8. The van der Waals surface area contributed by atoms with Crippen LogP contribution < -0.4 is 47.8 Å². The van der Waals surface area contributed by atoms with Crippen molar-refractivity contribution >= 4 is 75.8 Å². The molecule has 6 amide bonds. The Morgan fingerprint density at radius 1 is 0.522 bits per heavy atom. The number of benzene rings is 3. The minimum absolute atomic E-state index is 0.0141. The first-order chi connectivity index (χ1) is 33.2. The van der Waals surface area contributed by atoms with E-state index >= 15 is 0 Å². The first kappa shape index (κ1) is 51.0. The van der Waals surface area contributed by atoms with Crippen molar-refractivity contribution in [1.29, 1.82) is 0 Å². The summed E-state index contributed by atoms with van der Waals surface area (Å²) < 4.78 is 4.59. The molecule has 0 atom stereocenters. The normalized spacial score (nSPS) is 11.4. The fraction of sp³-hybridized carbons (Fsp3) is 0.314. The summed E-state index contributed by atoms with van der Waals surface area (Å²) in [5.74, 6) is -1.90. The van der Waals surface area contributed by atoms with Crippen LogP contribution in [0.5, 0.6) is 0 Å². The molecule has 17 nitrogen and oxygen atoms in total. The molecule has 3 aromatic carbocycles. The van der Waals surface area contributed by atoms with Gasteiger partial charge in [-0.05, 0) is 39.2 Å². The molecular weight excluding hydrogens is 894 g/mol. The topological polar surface area (TPSA) is 206 Å². The van der Waals surface area contributed by atoms with E-state index in [0.717, 1.165) is 25.5 Å². The second-order valence-corrected chi connectivity index (χ2v) is 21.3. The molecule has 6 aromatic rings. The second-order valence-electron chi connectivity index (χ2n) is 17.3. The van der Waals surface area contributed by atoms with Gasteiger partial charge < -0.3 is 39.9 Å². The molecule has 69 heavy (non-hydrogen) atoms. The van der Waals surface area contributed by atoms with Gasteiger partial charge in [0.1, 0.15) is 11.4 Å². The maximum absolute atomic E-state index is 13.3. The van der Waals surface area contributed by atoms with E-state index in [4.69, 9.17) is 0 Å². The molecule has 0 saturated heterocycles. The van der Waals surface area contributed by atoms with Gasteiger partial charge in [0.05, 0.1) is 11.4 Å². The zero-order chi connectivity index (χ0) is 49.3. The molecule has 0 radical (unpaired) electrons. The molecule has 3 aromatic heterocycles. The Kier molecular flexibility index (Phi) is 18.2. The van der Waals surface area contributed by atoms with Crippen LogP contribution in [-0.4, -0.2) is 105 Å². The molecular formula is C51H64N11O6P. The van der Waals surface area contributed by atoms with Gasteiger partial charge in [-0.1, -0.05) is 0 Å². The number of hydrogen-bond donors (Lipinski definition) is 6. The second kappa shape index (κ2) is 24.6. The molecule has 364 valence electrons. The van der Waals surface area contributed by atoms with Crippen LogP contribution in [0.1, 0.15) is 70.1 Å². The predicted molar refractivity (Wildman–Crippen MR) is 275 cm³/mol. The molecule has 0 fully saturated rings. The molecule has 6 N–H and O–H groups in total. The van der Waals surface area contributed by atoms with Crippen molar-refractivity contribution in [3.63, 3.8) is 0 Å². The van der Waals surface area contributed by atoms with Crippen LogP contribution in [0.2, 0.25) is 0 Å². The Hall–Kier alpha value is -7.36. The van der Waals surface area contributed by atoms with Gasteiger partial charge >= 0.3 is 202 Å². The van der Waals surface area contributed by atoms with Crippen molar-refractivity contribution in [2.75, 3.05) is 62.4 Å². The summed E-state index contributed by atoms with van der Waals surface area (Å²) in [6, 6.07) is 35.1. The molecule has 0 unspecified atom stereocenters. The molecule has 3 heterocycles. The van der Waals surface area contributed by atoms with Crippen molar-refractivity contribution in [2.45, 2.75) is 38.5 Å². The van der Waals surface area contributed by atoms with Gasteiger partial charge in [-0.2, -0.15) is 0 Å². The Balaban J connectivity index is 0.931. The van der Waals surface area contributed by atoms with Gasteiger partial charge in [-0.15, -0.1) is 0 Å². The number of carbonyl (C=O) groups is 6. The molecule has 0 aliphatic carbocycles. The summed E-state index contributed by atoms with van der Waals surface area (Å²) in [6.45, 7) is 1.72. The van der Waals surface area contributed by atoms with Crippen LogP contribution in [0.15, 0.2) is 122 Å². The van der Waals surface area contributed by atoms with Crippen LogP contribution in [0, 0.1) is 0 Å². The van der Waals surface area contributed by atoms with Crippen LogP contribution in [0.25, 0.3) is 0 Å². The van der Waals surface area contributed by atoms with Crippen molar-refractivity contribution in [3.8, 4) is 0 Å². The summed E-state index contributed by atoms with van der Waals surface area (Å²) in [5, 5.41) is 20.7. The summed E-state index contributed by atoms with van der Waals surface area (Å²) in [5.41, 5.74) is 1.23. The first-order valence-corrected chi connectivity index (χ1v) is 25.4. The number of hydrogen-bond acceptors (Lipinski definition) is 8. The molecule has 0 aliphatic heterocycles. The van der Waals surface area contributed by atoms with Crippen molar-refractivity contribution in [3.05, 3.63) is 139 Å². The number of aryl methyl sites for hydroxylation is 3. The number of anilines is 3. The molecule has 0 saturated carbocycles. The van der Waals surface area contributed by atoms with Gasteiger partial charge in [0.2, 0.25) is 11.7 Å². The Morgan fingerprint density at radius 2 is 1.01 bits per heavy atom. The zero-order valence-electron chi connectivity index (χ0n) is 40.0. The molecule has 0 spiro atoms. The number of imidazole rings is 1. The summed E-state index contributed by atoms with van der Waals surface area (Å²) >= 11 is 0. The minimum Gasteiger partial charge on any atom is -0.344 e. The van der Waals surface area contributed by atoms with E-state index in [-0.39, 0.29) is 61.0 Å². The summed E-state index contributed by atoms with van der Waals surface area (Å²) in [7, 11) is 6.50. The first-order valence-electron chi connectivity index (χ1n) is 23.1. The number of rotatable bonds is 24. The number of carbonyl (C=O) groups excluding carboxylic acids is 6. The van der Waals surface area contributed by atoms with Gasteiger partial charge in [0.25, 0.3) is 17.7 Å². The average molecular weight is 958 g/mol. The third-order valence-corrected chi connectivity index (χ3v) is 16.8. The van der Waals surface area contributed by atoms with Crippen LogP contribution >= 0.6 is 7.26 Å². The summed E-state index contributed by atoms with van der Waals surface area (Å²) in [4.78, 5) is 83.7. The van der Waals surface area contributed by atoms with Crippen molar-refractivity contribution in [2.24, 2.45) is 21.1 Å². The fourth-order valence-electron chi connectivity index (χ4n) is 8.31. The Labute approximate surface area is 403 Å². The van der Waals surface area contributed by atoms with E-state index in [2.05, 4.69) is 110 Å². The monoisotopic (exact) mass is 957 g/mol. The zero-order valence-corrected chi connectivity index (χ0v) is 41.0.